The Morgan fingerprint density at radius 3 is 2.70 bits per heavy atom. The number of aryl methyl sites for hydroxylation is 1. The zero-order valence-electron chi connectivity index (χ0n) is 12.3. The molecule has 0 amide bonds. The second kappa shape index (κ2) is 7.65. The summed E-state index contributed by atoms with van der Waals surface area (Å²) in [5.41, 5.74) is 3.74. The van der Waals surface area contributed by atoms with Crippen LogP contribution in [0.2, 0.25) is 0 Å². The fourth-order valence-corrected chi connectivity index (χ4v) is 2.20. The molecule has 1 aromatic carbocycles. The molecule has 0 aliphatic carbocycles. The van der Waals surface area contributed by atoms with Gasteiger partial charge in [-0.1, -0.05) is 24.3 Å². The van der Waals surface area contributed by atoms with Crippen molar-refractivity contribution in [3.63, 3.8) is 0 Å². The monoisotopic (exact) mass is 269 g/mol. The first kappa shape index (κ1) is 14.5. The van der Waals surface area contributed by atoms with Gasteiger partial charge in [0.25, 0.3) is 0 Å². The highest BCUT2D eigenvalue weighted by Crippen LogP contribution is 2.10. The molecule has 0 atom stereocenters. The Kier molecular flexibility index (Phi) is 5.56. The smallest absolute Gasteiger partial charge is 0.0363 e. The second-order valence-electron chi connectivity index (χ2n) is 5.16. The highest BCUT2D eigenvalue weighted by atomic mass is 15.1. The van der Waals surface area contributed by atoms with Gasteiger partial charge in [-0.25, -0.2) is 0 Å². The summed E-state index contributed by atoms with van der Waals surface area (Å²) >= 11 is 0. The number of para-hydroxylation sites is 1. The molecule has 0 aliphatic rings. The lowest BCUT2D eigenvalue weighted by Crippen LogP contribution is -2.23. The fraction of sp³-hybridized carbons (Fsp3) is 0.353. The molecular weight excluding hydrogens is 246 g/mol. The van der Waals surface area contributed by atoms with E-state index in [0.717, 1.165) is 26.1 Å². The van der Waals surface area contributed by atoms with Crippen LogP contribution in [0.15, 0.2) is 48.8 Å². The van der Waals surface area contributed by atoms with E-state index in [1.807, 2.05) is 12.4 Å². The molecule has 20 heavy (non-hydrogen) atoms. The van der Waals surface area contributed by atoms with E-state index < -0.39 is 0 Å². The van der Waals surface area contributed by atoms with Gasteiger partial charge < -0.3 is 10.2 Å². The van der Waals surface area contributed by atoms with Crippen LogP contribution in [0, 0.1) is 6.92 Å². The van der Waals surface area contributed by atoms with Gasteiger partial charge in [-0.05, 0) is 43.1 Å². The molecule has 0 saturated carbocycles. The highest BCUT2D eigenvalue weighted by molar-refractivity contribution is 5.44. The van der Waals surface area contributed by atoms with E-state index in [1.54, 1.807) is 0 Å². The van der Waals surface area contributed by atoms with Crippen LogP contribution in [-0.4, -0.2) is 25.1 Å². The molecule has 0 saturated heterocycles. The van der Waals surface area contributed by atoms with Crippen LogP contribution in [0.4, 0.5) is 5.69 Å². The van der Waals surface area contributed by atoms with Crippen LogP contribution >= 0.6 is 0 Å². The molecular formula is C17H23N3. The zero-order chi connectivity index (χ0) is 14.2. The lowest BCUT2D eigenvalue weighted by molar-refractivity contribution is 0.644. The van der Waals surface area contributed by atoms with Gasteiger partial charge in [0.1, 0.15) is 0 Å². The summed E-state index contributed by atoms with van der Waals surface area (Å²) in [4.78, 5) is 6.49. The molecule has 0 aliphatic heterocycles. The number of aromatic nitrogens is 1. The minimum Gasteiger partial charge on any atom is -0.375 e. The third-order valence-electron chi connectivity index (χ3n) is 3.30. The van der Waals surface area contributed by atoms with Crippen molar-refractivity contribution >= 4 is 5.69 Å². The number of nitrogens with one attached hydrogen (secondary N) is 1. The molecule has 2 aromatic rings. The van der Waals surface area contributed by atoms with E-state index in [0.29, 0.717) is 0 Å². The summed E-state index contributed by atoms with van der Waals surface area (Å²) in [7, 11) is 2.14. The van der Waals surface area contributed by atoms with Crippen molar-refractivity contribution in [2.75, 3.05) is 25.0 Å². The number of pyridine rings is 1. The number of rotatable bonds is 7. The summed E-state index contributed by atoms with van der Waals surface area (Å²) in [6.07, 6.45) is 4.94. The summed E-state index contributed by atoms with van der Waals surface area (Å²) in [6, 6.07) is 12.7. The maximum Gasteiger partial charge on any atom is 0.0363 e. The zero-order valence-corrected chi connectivity index (χ0v) is 12.3. The Hall–Kier alpha value is -1.87. The lowest BCUT2D eigenvalue weighted by atomic mass is 10.2. The van der Waals surface area contributed by atoms with Gasteiger partial charge in [0.05, 0.1) is 0 Å². The molecule has 1 aromatic heterocycles. The van der Waals surface area contributed by atoms with E-state index in [1.165, 1.54) is 16.8 Å². The van der Waals surface area contributed by atoms with E-state index in [-0.39, 0.29) is 0 Å². The molecule has 3 nitrogen and oxygen atoms in total. The van der Waals surface area contributed by atoms with Gasteiger partial charge in [0, 0.05) is 38.2 Å². The van der Waals surface area contributed by atoms with Crippen molar-refractivity contribution in [1.29, 1.82) is 0 Å². The molecule has 106 valence electrons. The normalized spacial score (nSPS) is 10.5. The first-order valence-corrected chi connectivity index (χ1v) is 7.13. The number of anilines is 1. The molecule has 0 fully saturated rings. The Balaban J connectivity index is 1.64. The van der Waals surface area contributed by atoms with Gasteiger partial charge in [0.15, 0.2) is 0 Å². The Morgan fingerprint density at radius 1 is 1.15 bits per heavy atom. The Labute approximate surface area is 121 Å². The van der Waals surface area contributed by atoms with Crippen LogP contribution in [-0.2, 0) is 6.54 Å². The van der Waals surface area contributed by atoms with Crippen molar-refractivity contribution in [3.05, 3.63) is 59.9 Å². The second-order valence-corrected chi connectivity index (χ2v) is 5.16. The van der Waals surface area contributed by atoms with Crippen LogP contribution in [0.25, 0.3) is 0 Å². The molecule has 3 heteroatoms. The molecule has 1 N–H and O–H groups in total. The third-order valence-corrected chi connectivity index (χ3v) is 3.30. The Morgan fingerprint density at radius 2 is 1.95 bits per heavy atom. The molecule has 0 radical (unpaired) electrons. The van der Waals surface area contributed by atoms with E-state index in [9.17, 15) is 0 Å². The average molecular weight is 269 g/mol. The molecule has 2 rings (SSSR count). The topological polar surface area (TPSA) is 28.2 Å². The van der Waals surface area contributed by atoms with Crippen molar-refractivity contribution in [1.82, 2.24) is 10.3 Å². The molecule has 0 spiro atoms. The predicted molar refractivity (Wildman–Crippen MR) is 85.0 cm³/mol. The van der Waals surface area contributed by atoms with Gasteiger partial charge in [-0.2, -0.15) is 0 Å². The maximum absolute atomic E-state index is 4.20. The fourth-order valence-electron chi connectivity index (χ4n) is 2.20. The predicted octanol–water partition coefficient (Wildman–Crippen LogP) is 3.01. The summed E-state index contributed by atoms with van der Waals surface area (Å²) in [6.45, 7) is 5.04. The molecule has 1 heterocycles. The van der Waals surface area contributed by atoms with E-state index >= 15 is 0 Å². The first-order chi connectivity index (χ1) is 9.75. The van der Waals surface area contributed by atoms with Crippen molar-refractivity contribution in [2.45, 2.75) is 19.9 Å². The van der Waals surface area contributed by atoms with Crippen LogP contribution in [0.1, 0.15) is 17.5 Å². The molecule has 0 bridgehead atoms. The van der Waals surface area contributed by atoms with E-state index in [2.05, 4.69) is 65.6 Å². The quantitative estimate of drug-likeness (QED) is 0.783. The molecule has 0 unspecified atom stereocenters. The standard InChI is InChI=1S/C17H23N3/c1-15-11-16(14-19-12-15)13-18-9-6-10-20(2)17-7-4-3-5-8-17/h3-5,7-8,11-12,14,18H,6,9-10,13H2,1-2H3. The van der Waals surface area contributed by atoms with Crippen molar-refractivity contribution < 1.29 is 0 Å². The maximum atomic E-state index is 4.20. The Bertz CT molecular complexity index is 511. The SMILES string of the molecule is Cc1cncc(CNCCCN(C)c2ccccc2)c1. The van der Waals surface area contributed by atoms with Gasteiger partial charge in [-0.3, -0.25) is 4.98 Å². The highest BCUT2D eigenvalue weighted by Gasteiger charge is 1.99. The number of benzene rings is 1. The van der Waals surface area contributed by atoms with Gasteiger partial charge in [0.2, 0.25) is 0 Å². The summed E-state index contributed by atoms with van der Waals surface area (Å²) in [5.74, 6) is 0. The first-order valence-electron chi connectivity index (χ1n) is 7.13. The minimum atomic E-state index is 0.893. The van der Waals surface area contributed by atoms with Crippen molar-refractivity contribution in [2.24, 2.45) is 0 Å². The van der Waals surface area contributed by atoms with Crippen LogP contribution in [0.3, 0.4) is 0 Å². The largest absolute Gasteiger partial charge is 0.375 e. The number of hydrogen-bond donors (Lipinski definition) is 1. The summed E-state index contributed by atoms with van der Waals surface area (Å²) < 4.78 is 0. The average Bonchev–Trinajstić information content (AvgIpc) is 2.48. The number of hydrogen-bond acceptors (Lipinski definition) is 3. The van der Waals surface area contributed by atoms with Crippen LogP contribution in [0.5, 0.6) is 0 Å². The van der Waals surface area contributed by atoms with Gasteiger partial charge in [-0.15, -0.1) is 0 Å². The minimum absolute atomic E-state index is 0.893. The van der Waals surface area contributed by atoms with Crippen molar-refractivity contribution in [3.8, 4) is 0 Å². The lowest BCUT2D eigenvalue weighted by Gasteiger charge is -2.19. The van der Waals surface area contributed by atoms with Crippen LogP contribution < -0.4 is 10.2 Å². The third kappa shape index (κ3) is 4.67. The van der Waals surface area contributed by atoms with E-state index in [4.69, 9.17) is 0 Å². The summed E-state index contributed by atoms with van der Waals surface area (Å²) in [5, 5.41) is 3.47. The van der Waals surface area contributed by atoms with Gasteiger partial charge >= 0.3 is 0 Å². The number of nitrogens with zero attached hydrogens (tertiary/aromatic N) is 2.